The van der Waals surface area contributed by atoms with Crippen LogP contribution in [0.1, 0.15) is 11.3 Å². The second-order valence-corrected chi connectivity index (χ2v) is 6.70. The average molecular weight is 416 g/mol. The zero-order valence-corrected chi connectivity index (χ0v) is 14.2. The van der Waals surface area contributed by atoms with Gasteiger partial charge in [0.05, 0.1) is 27.9 Å². The van der Waals surface area contributed by atoms with Crippen molar-refractivity contribution < 1.29 is 0 Å². The van der Waals surface area contributed by atoms with Crippen LogP contribution in [0, 0.1) is 3.57 Å². The summed E-state index contributed by atoms with van der Waals surface area (Å²) in [6.45, 7) is 0.786. The minimum Gasteiger partial charge on any atom is -0.267 e. The zero-order valence-electron chi connectivity index (χ0n) is 10.5. The van der Waals surface area contributed by atoms with Crippen molar-refractivity contribution in [3.05, 3.63) is 56.9 Å². The average Bonchev–Trinajstić information content (AvgIpc) is 3.09. The first kappa shape index (κ1) is 14.0. The lowest BCUT2D eigenvalue weighted by atomic mass is 10.1. The molecule has 0 radical (unpaired) electrons. The summed E-state index contributed by atoms with van der Waals surface area (Å²) in [5.41, 5.74) is 3.29. The van der Waals surface area contributed by atoms with Gasteiger partial charge < -0.3 is 0 Å². The largest absolute Gasteiger partial charge is 0.267 e. The molecule has 3 nitrogen and oxygen atoms in total. The third-order valence-corrected chi connectivity index (χ3v) is 4.61. The van der Waals surface area contributed by atoms with Crippen LogP contribution in [0.3, 0.4) is 0 Å². The summed E-state index contributed by atoms with van der Waals surface area (Å²) >= 11 is 9.67. The van der Waals surface area contributed by atoms with Crippen LogP contribution in [-0.4, -0.2) is 14.8 Å². The molecule has 0 aliphatic heterocycles. The lowest BCUT2D eigenvalue weighted by Gasteiger charge is -2.03. The summed E-state index contributed by atoms with van der Waals surface area (Å²) in [4.78, 5) is 4.48. The van der Waals surface area contributed by atoms with E-state index in [-0.39, 0.29) is 0 Å². The van der Waals surface area contributed by atoms with E-state index in [0.29, 0.717) is 5.88 Å². The summed E-state index contributed by atoms with van der Waals surface area (Å²) < 4.78 is 3.08. The maximum Gasteiger partial charge on any atom is 0.123 e. The molecule has 0 unspecified atom stereocenters. The molecule has 1 aromatic carbocycles. The number of benzene rings is 1. The van der Waals surface area contributed by atoms with Gasteiger partial charge in [0.2, 0.25) is 0 Å². The number of aromatic nitrogens is 3. The number of nitrogens with zero attached hydrogens (tertiary/aromatic N) is 3. The summed E-state index contributed by atoms with van der Waals surface area (Å²) in [5, 5.41) is 7.31. The Balaban J connectivity index is 1.77. The fourth-order valence-corrected chi connectivity index (χ4v) is 3.37. The number of thiazole rings is 1. The number of alkyl halides is 1. The molecule has 102 valence electrons. The molecule has 0 saturated carbocycles. The van der Waals surface area contributed by atoms with Crippen molar-refractivity contribution in [2.75, 3.05) is 0 Å². The van der Waals surface area contributed by atoms with E-state index in [1.54, 1.807) is 11.3 Å². The number of hydrogen-bond acceptors (Lipinski definition) is 3. The predicted octanol–water partition coefficient (Wildman–Crippen LogP) is 4.40. The maximum absolute atomic E-state index is 5.78. The predicted molar refractivity (Wildman–Crippen MR) is 91.2 cm³/mol. The SMILES string of the molecule is ClCc1csc(-c2ccc(Cn3cc(I)cn3)cc2)n1. The van der Waals surface area contributed by atoms with Crippen LogP contribution < -0.4 is 0 Å². The standard InChI is InChI=1S/C14H11ClIN3S/c15-5-13-9-20-14(18-13)11-3-1-10(2-4-11)7-19-8-12(16)6-17-19/h1-4,6,8-9H,5,7H2. The van der Waals surface area contributed by atoms with Crippen molar-refractivity contribution in [2.24, 2.45) is 0 Å². The highest BCUT2D eigenvalue weighted by molar-refractivity contribution is 14.1. The van der Waals surface area contributed by atoms with Crippen LogP contribution in [0.5, 0.6) is 0 Å². The van der Waals surface area contributed by atoms with Crippen LogP contribution in [0.25, 0.3) is 10.6 Å². The van der Waals surface area contributed by atoms with Gasteiger partial charge in [-0.25, -0.2) is 4.98 Å². The van der Waals surface area contributed by atoms with Crippen LogP contribution in [-0.2, 0) is 12.4 Å². The summed E-state index contributed by atoms with van der Waals surface area (Å²) in [5.74, 6) is 0.465. The van der Waals surface area contributed by atoms with Crippen molar-refractivity contribution in [3.8, 4) is 10.6 Å². The molecule has 3 aromatic rings. The highest BCUT2D eigenvalue weighted by Crippen LogP contribution is 2.24. The number of hydrogen-bond donors (Lipinski definition) is 0. The molecule has 3 rings (SSSR count). The van der Waals surface area contributed by atoms with E-state index in [4.69, 9.17) is 11.6 Å². The molecular formula is C14H11ClIN3S. The molecular weight excluding hydrogens is 405 g/mol. The van der Waals surface area contributed by atoms with Gasteiger partial charge in [-0.3, -0.25) is 4.68 Å². The summed E-state index contributed by atoms with van der Waals surface area (Å²) in [7, 11) is 0. The smallest absolute Gasteiger partial charge is 0.123 e. The Labute approximate surface area is 139 Å². The molecule has 20 heavy (non-hydrogen) atoms. The molecule has 0 saturated heterocycles. The van der Waals surface area contributed by atoms with Gasteiger partial charge in [-0.1, -0.05) is 24.3 Å². The Morgan fingerprint density at radius 3 is 2.65 bits per heavy atom. The van der Waals surface area contributed by atoms with Crippen LogP contribution >= 0.6 is 45.5 Å². The Morgan fingerprint density at radius 1 is 1.25 bits per heavy atom. The van der Waals surface area contributed by atoms with Gasteiger partial charge in [0, 0.05) is 17.1 Å². The third kappa shape index (κ3) is 3.21. The number of halogens is 2. The minimum atomic E-state index is 0.465. The Morgan fingerprint density at radius 2 is 2.05 bits per heavy atom. The van der Waals surface area contributed by atoms with Gasteiger partial charge in [0.15, 0.2) is 0 Å². The van der Waals surface area contributed by atoms with Crippen molar-refractivity contribution in [1.29, 1.82) is 0 Å². The Bertz CT molecular complexity index is 705. The molecule has 2 heterocycles. The lowest BCUT2D eigenvalue weighted by molar-refractivity contribution is 0.686. The van der Waals surface area contributed by atoms with E-state index < -0.39 is 0 Å². The maximum atomic E-state index is 5.78. The highest BCUT2D eigenvalue weighted by Gasteiger charge is 2.04. The normalized spacial score (nSPS) is 10.9. The van der Waals surface area contributed by atoms with Gasteiger partial charge in [-0.15, -0.1) is 22.9 Å². The fourth-order valence-electron chi connectivity index (χ4n) is 1.87. The van der Waals surface area contributed by atoms with Crippen molar-refractivity contribution in [2.45, 2.75) is 12.4 Å². The summed E-state index contributed by atoms with van der Waals surface area (Å²) in [6.07, 6.45) is 3.89. The Hall–Kier alpha value is -0.920. The van der Waals surface area contributed by atoms with E-state index in [9.17, 15) is 0 Å². The van der Waals surface area contributed by atoms with Gasteiger partial charge in [-0.05, 0) is 28.2 Å². The molecule has 0 amide bonds. The second-order valence-electron chi connectivity index (χ2n) is 4.33. The van der Waals surface area contributed by atoms with E-state index in [1.807, 2.05) is 22.5 Å². The van der Waals surface area contributed by atoms with Gasteiger partial charge >= 0.3 is 0 Å². The van der Waals surface area contributed by atoms with Gasteiger partial charge in [-0.2, -0.15) is 5.10 Å². The molecule has 0 atom stereocenters. The molecule has 2 aromatic heterocycles. The van der Waals surface area contributed by atoms with E-state index >= 15 is 0 Å². The van der Waals surface area contributed by atoms with Gasteiger partial charge in [0.25, 0.3) is 0 Å². The van der Waals surface area contributed by atoms with Crippen LogP contribution in [0.15, 0.2) is 42.0 Å². The van der Waals surface area contributed by atoms with E-state index in [2.05, 4.69) is 56.9 Å². The molecule has 0 spiro atoms. The third-order valence-electron chi connectivity index (χ3n) is 2.84. The van der Waals surface area contributed by atoms with Crippen LogP contribution in [0.4, 0.5) is 0 Å². The molecule has 0 aliphatic rings. The first-order valence-electron chi connectivity index (χ1n) is 6.02. The first-order chi connectivity index (χ1) is 9.74. The fraction of sp³-hybridized carbons (Fsp3) is 0.143. The van der Waals surface area contributed by atoms with Crippen molar-refractivity contribution in [1.82, 2.24) is 14.8 Å². The van der Waals surface area contributed by atoms with Crippen molar-refractivity contribution in [3.63, 3.8) is 0 Å². The number of rotatable bonds is 4. The van der Waals surface area contributed by atoms with E-state index in [0.717, 1.165) is 26.4 Å². The first-order valence-corrected chi connectivity index (χ1v) is 8.51. The molecule has 0 bridgehead atoms. The quantitative estimate of drug-likeness (QED) is 0.467. The molecule has 0 aliphatic carbocycles. The Kier molecular flexibility index (Phi) is 4.38. The topological polar surface area (TPSA) is 30.7 Å². The van der Waals surface area contributed by atoms with Gasteiger partial charge in [0.1, 0.15) is 5.01 Å². The molecule has 0 fully saturated rings. The van der Waals surface area contributed by atoms with Crippen molar-refractivity contribution >= 4 is 45.5 Å². The summed E-state index contributed by atoms with van der Waals surface area (Å²) in [6, 6.07) is 8.43. The molecule has 6 heteroatoms. The monoisotopic (exact) mass is 415 g/mol. The minimum absolute atomic E-state index is 0.465. The van der Waals surface area contributed by atoms with E-state index in [1.165, 1.54) is 5.56 Å². The zero-order chi connectivity index (χ0) is 13.9. The molecule has 0 N–H and O–H groups in total. The van der Waals surface area contributed by atoms with Crippen LogP contribution in [0.2, 0.25) is 0 Å². The second kappa shape index (κ2) is 6.24. The lowest BCUT2D eigenvalue weighted by Crippen LogP contribution is -1.99. The highest BCUT2D eigenvalue weighted by atomic mass is 127.